The first-order valence-electron chi connectivity index (χ1n) is 9.53. The molecule has 1 aliphatic heterocycles. The van der Waals surface area contributed by atoms with E-state index in [1.165, 1.54) is 5.56 Å². The van der Waals surface area contributed by atoms with Crippen molar-refractivity contribution in [2.75, 3.05) is 31.0 Å². The number of carbonyl (C=O) groups excluding carboxylic acids is 1. The van der Waals surface area contributed by atoms with E-state index in [-0.39, 0.29) is 5.91 Å². The molecule has 3 aromatic rings. The van der Waals surface area contributed by atoms with Gasteiger partial charge in [-0.2, -0.15) is 0 Å². The number of carbonyl (C=O) groups is 1. The highest BCUT2D eigenvalue weighted by Gasteiger charge is 2.23. The number of ether oxygens (including phenoxy) is 2. The third-order valence-electron chi connectivity index (χ3n) is 5.01. The van der Waals surface area contributed by atoms with E-state index >= 15 is 0 Å². The van der Waals surface area contributed by atoms with E-state index in [0.717, 1.165) is 29.9 Å². The van der Waals surface area contributed by atoms with Crippen molar-refractivity contribution in [3.8, 4) is 11.5 Å². The van der Waals surface area contributed by atoms with Crippen molar-refractivity contribution in [2.24, 2.45) is 0 Å². The molecule has 1 N–H and O–H groups in total. The van der Waals surface area contributed by atoms with Crippen LogP contribution >= 0.6 is 0 Å². The van der Waals surface area contributed by atoms with Gasteiger partial charge in [-0.15, -0.1) is 0 Å². The number of anilines is 3. The second-order valence-corrected chi connectivity index (χ2v) is 6.85. The Bertz CT molecular complexity index is 1040. The van der Waals surface area contributed by atoms with Gasteiger partial charge in [-0.05, 0) is 42.7 Å². The molecule has 0 bridgehead atoms. The zero-order chi connectivity index (χ0) is 20.2. The van der Waals surface area contributed by atoms with Crippen LogP contribution in [-0.4, -0.2) is 31.7 Å². The third-order valence-corrected chi connectivity index (χ3v) is 5.01. The van der Waals surface area contributed by atoms with Crippen LogP contribution in [0.1, 0.15) is 22.3 Å². The quantitative estimate of drug-likeness (QED) is 0.699. The summed E-state index contributed by atoms with van der Waals surface area (Å²) < 4.78 is 10.6. The van der Waals surface area contributed by atoms with Gasteiger partial charge in [-0.1, -0.05) is 18.2 Å². The Kier molecular flexibility index (Phi) is 5.33. The molecular formula is C23H23N3O3. The molecule has 0 fully saturated rings. The van der Waals surface area contributed by atoms with Crippen LogP contribution in [-0.2, 0) is 6.42 Å². The van der Waals surface area contributed by atoms with Crippen LogP contribution < -0.4 is 19.7 Å². The number of rotatable bonds is 5. The SMILES string of the molecule is COc1ccc(Nc2cncc(C(=O)N3CCCc4ccccc43)c2)cc1OC. The van der Waals surface area contributed by atoms with Gasteiger partial charge in [-0.25, -0.2) is 0 Å². The van der Waals surface area contributed by atoms with E-state index in [1.807, 2.05) is 47.4 Å². The van der Waals surface area contributed by atoms with Crippen LogP contribution in [0.15, 0.2) is 60.9 Å². The number of aryl methyl sites for hydroxylation is 1. The Morgan fingerprint density at radius 3 is 2.66 bits per heavy atom. The number of amides is 1. The summed E-state index contributed by atoms with van der Waals surface area (Å²) in [4.78, 5) is 19.3. The predicted octanol–water partition coefficient (Wildman–Crippen LogP) is 4.44. The van der Waals surface area contributed by atoms with Crippen molar-refractivity contribution in [3.63, 3.8) is 0 Å². The molecule has 2 aromatic carbocycles. The average Bonchev–Trinajstić information content (AvgIpc) is 2.78. The molecule has 1 aromatic heterocycles. The lowest BCUT2D eigenvalue weighted by Gasteiger charge is -2.29. The predicted molar refractivity (Wildman–Crippen MR) is 114 cm³/mol. The van der Waals surface area contributed by atoms with Gasteiger partial charge in [0, 0.05) is 30.2 Å². The maximum absolute atomic E-state index is 13.2. The number of hydrogen-bond donors (Lipinski definition) is 1. The number of fused-ring (bicyclic) bond motifs is 1. The third kappa shape index (κ3) is 3.87. The molecule has 0 saturated carbocycles. The van der Waals surface area contributed by atoms with Crippen LogP contribution in [0, 0.1) is 0 Å². The number of benzene rings is 2. The van der Waals surface area contributed by atoms with E-state index in [0.29, 0.717) is 23.6 Å². The van der Waals surface area contributed by atoms with E-state index in [2.05, 4.69) is 16.4 Å². The van der Waals surface area contributed by atoms with Gasteiger partial charge in [0.25, 0.3) is 5.91 Å². The summed E-state index contributed by atoms with van der Waals surface area (Å²) in [6.45, 7) is 0.711. The summed E-state index contributed by atoms with van der Waals surface area (Å²) in [6, 6.07) is 15.5. The van der Waals surface area contributed by atoms with Gasteiger partial charge in [0.1, 0.15) is 0 Å². The van der Waals surface area contributed by atoms with Crippen molar-refractivity contribution < 1.29 is 14.3 Å². The van der Waals surface area contributed by atoms with Crippen LogP contribution in [0.3, 0.4) is 0 Å². The number of pyridine rings is 1. The second kappa shape index (κ2) is 8.22. The number of hydrogen-bond acceptors (Lipinski definition) is 5. The lowest BCUT2D eigenvalue weighted by molar-refractivity contribution is 0.0985. The lowest BCUT2D eigenvalue weighted by atomic mass is 10.0. The molecule has 0 spiro atoms. The first kappa shape index (κ1) is 18.8. The fraction of sp³-hybridized carbons (Fsp3) is 0.217. The van der Waals surface area contributed by atoms with Crippen molar-refractivity contribution in [3.05, 3.63) is 72.1 Å². The molecule has 29 heavy (non-hydrogen) atoms. The molecule has 6 heteroatoms. The van der Waals surface area contributed by atoms with E-state index in [9.17, 15) is 4.79 Å². The molecule has 1 amide bonds. The van der Waals surface area contributed by atoms with Crippen molar-refractivity contribution in [1.29, 1.82) is 0 Å². The Hall–Kier alpha value is -3.54. The summed E-state index contributed by atoms with van der Waals surface area (Å²) in [5.74, 6) is 1.24. The van der Waals surface area contributed by atoms with Crippen molar-refractivity contribution in [1.82, 2.24) is 4.98 Å². The molecule has 0 radical (unpaired) electrons. The van der Waals surface area contributed by atoms with Crippen LogP contribution in [0.4, 0.5) is 17.1 Å². The topological polar surface area (TPSA) is 63.7 Å². The van der Waals surface area contributed by atoms with E-state index in [1.54, 1.807) is 26.6 Å². The standard InChI is InChI=1S/C23H23N3O3/c1-28-21-10-9-18(13-22(21)29-2)25-19-12-17(14-24-15-19)23(27)26-11-5-7-16-6-3-4-8-20(16)26/h3-4,6,8-10,12-15,25H,5,7,11H2,1-2H3. The number of nitrogens with zero attached hydrogens (tertiary/aromatic N) is 2. The molecule has 0 saturated heterocycles. The average molecular weight is 389 g/mol. The van der Waals surface area contributed by atoms with Gasteiger partial charge in [0.05, 0.1) is 31.7 Å². The smallest absolute Gasteiger partial charge is 0.259 e. The van der Waals surface area contributed by atoms with Crippen molar-refractivity contribution in [2.45, 2.75) is 12.8 Å². The molecular weight excluding hydrogens is 366 g/mol. The Morgan fingerprint density at radius 2 is 1.83 bits per heavy atom. The summed E-state index contributed by atoms with van der Waals surface area (Å²) in [5.41, 5.74) is 4.29. The minimum atomic E-state index is -0.0411. The zero-order valence-corrected chi connectivity index (χ0v) is 16.5. The molecule has 4 rings (SSSR count). The molecule has 0 unspecified atom stereocenters. The van der Waals surface area contributed by atoms with Crippen molar-refractivity contribution >= 4 is 23.0 Å². The number of para-hydroxylation sites is 1. The van der Waals surface area contributed by atoms with Gasteiger partial charge < -0.3 is 19.7 Å². The summed E-state index contributed by atoms with van der Waals surface area (Å²) in [7, 11) is 3.20. The molecule has 2 heterocycles. The van der Waals surface area contributed by atoms with E-state index in [4.69, 9.17) is 9.47 Å². The highest BCUT2D eigenvalue weighted by molar-refractivity contribution is 6.07. The molecule has 0 atom stereocenters. The molecule has 0 aliphatic carbocycles. The summed E-state index contributed by atoms with van der Waals surface area (Å²) in [6.07, 6.45) is 5.26. The minimum Gasteiger partial charge on any atom is -0.493 e. The first-order chi connectivity index (χ1) is 14.2. The molecule has 1 aliphatic rings. The normalized spacial score (nSPS) is 12.8. The van der Waals surface area contributed by atoms with Gasteiger partial charge >= 0.3 is 0 Å². The second-order valence-electron chi connectivity index (χ2n) is 6.85. The van der Waals surface area contributed by atoms with Gasteiger partial charge in [0.2, 0.25) is 0 Å². The maximum Gasteiger partial charge on any atom is 0.259 e. The van der Waals surface area contributed by atoms with Gasteiger partial charge in [0.15, 0.2) is 11.5 Å². The van der Waals surface area contributed by atoms with Crippen LogP contribution in [0.5, 0.6) is 11.5 Å². The van der Waals surface area contributed by atoms with E-state index < -0.39 is 0 Å². The molecule has 148 valence electrons. The fourth-order valence-corrected chi connectivity index (χ4v) is 3.61. The maximum atomic E-state index is 13.2. The Labute approximate surface area is 170 Å². The van der Waals surface area contributed by atoms with Crippen LogP contribution in [0.25, 0.3) is 0 Å². The number of aromatic nitrogens is 1. The lowest BCUT2D eigenvalue weighted by Crippen LogP contribution is -2.35. The molecule has 6 nitrogen and oxygen atoms in total. The highest BCUT2D eigenvalue weighted by atomic mass is 16.5. The zero-order valence-electron chi connectivity index (χ0n) is 16.5. The summed E-state index contributed by atoms with van der Waals surface area (Å²) in [5, 5.41) is 3.28. The van der Waals surface area contributed by atoms with Gasteiger partial charge in [-0.3, -0.25) is 9.78 Å². The largest absolute Gasteiger partial charge is 0.493 e. The fourth-order valence-electron chi connectivity index (χ4n) is 3.61. The number of methoxy groups -OCH3 is 2. The Balaban J connectivity index is 1.57. The Morgan fingerprint density at radius 1 is 1.00 bits per heavy atom. The first-order valence-corrected chi connectivity index (χ1v) is 9.53. The monoisotopic (exact) mass is 389 g/mol. The van der Waals surface area contributed by atoms with Crippen LogP contribution in [0.2, 0.25) is 0 Å². The minimum absolute atomic E-state index is 0.0411. The summed E-state index contributed by atoms with van der Waals surface area (Å²) >= 11 is 0. The highest BCUT2D eigenvalue weighted by Crippen LogP contribution is 2.32. The number of nitrogens with one attached hydrogen (secondary N) is 1.